The SMILES string of the molecule is O=C1CCN(C(=O)C2(c3ccccc3F)CC2)CCN1. The fourth-order valence-corrected chi connectivity index (χ4v) is 2.85. The minimum atomic E-state index is -0.696. The largest absolute Gasteiger partial charge is 0.354 e. The molecule has 1 saturated heterocycles. The molecule has 0 atom stereocenters. The zero-order valence-electron chi connectivity index (χ0n) is 11.2. The van der Waals surface area contributed by atoms with Crippen LogP contribution in [0.3, 0.4) is 0 Å². The van der Waals surface area contributed by atoms with E-state index in [-0.39, 0.29) is 17.6 Å². The first-order chi connectivity index (χ1) is 9.63. The lowest BCUT2D eigenvalue weighted by atomic mass is 9.93. The molecule has 0 aromatic heterocycles. The summed E-state index contributed by atoms with van der Waals surface area (Å²) in [4.78, 5) is 25.7. The Balaban J connectivity index is 1.83. The van der Waals surface area contributed by atoms with E-state index in [0.717, 1.165) is 0 Å². The first kappa shape index (κ1) is 13.1. The van der Waals surface area contributed by atoms with Crippen molar-refractivity contribution in [1.29, 1.82) is 0 Å². The summed E-state index contributed by atoms with van der Waals surface area (Å²) in [6, 6.07) is 6.49. The third-order valence-electron chi connectivity index (χ3n) is 4.15. The maximum Gasteiger partial charge on any atom is 0.233 e. The average molecular weight is 276 g/mol. The fraction of sp³-hybridized carbons (Fsp3) is 0.467. The molecule has 0 radical (unpaired) electrons. The van der Waals surface area contributed by atoms with Crippen molar-refractivity contribution in [3.05, 3.63) is 35.6 Å². The van der Waals surface area contributed by atoms with Gasteiger partial charge < -0.3 is 10.2 Å². The average Bonchev–Trinajstić information content (AvgIpc) is 3.24. The molecule has 1 aromatic carbocycles. The van der Waals surface area contributed by atoms with Crippen LogP contribution in [0.4, 0.5) is 4.39 Å². The summed E-state index contributed by atoms with van der Waals surface area (Å²) in [6.45, 7) is 1.39. The number of nitrogens with one attached hydrogen (secondary N) is 1. The van der Waals surface area contributed by atoms with Crippen LogP contribution in [0.15, 0.2) is 24.3 Å². The lowest BCUT2D eigenvalue weighted by molar-refractivity contribution is -0.133. The van der Waals surface area contributed by atoms with Crippen LogP contribution in [0.5, 0.6) is 0 Å². The maximum absolute atomic E-state index is 14.0. The van der Waals surface area contributed by atoms with Crippen molar-refractivity contribution < 1.29 is 14.0 Å². The van der Waals surface area contributed by atoms with Gasteiger partial charge in [-0.2, -0.15) is 0 Å². The molecule has 1 aromatic rings. The normalized spacial score (nSPS) is 21.1. The Hall–Kier alpha value is -1.91. The van der Waals surface area contributed by atoms with Crippen LogP contribution < -0.4 is 5.32 Å². The Kier molecular flexibility index (Phi) is 3.20. The highest BCUT2D eigenvalue weighted by atomic mass is 19.1. The Morgan fingerprint density at radius 1 is 1.25 bits per heavy atom. The van der Waals surface area contributed by atoms with Crippen molar-refractivity contribution in [1.82, 2.24) is 10.2 Å². The van der Waals surface area contributed by atoms with Crippen LogP contribution in [-0.4, -0.2) is 36.3 Å². The molecule has 1 aliphatic heterocycles. The molecule has 1 saturated carbocycles. The molecule has 2 aliphatic rings. The molecule has 3 rings (SSSR count). The van der Waals surface area contributed by atoms with Crippen LogP contribution >= 0.6 is 0 Å². The van der Waals surface area contributed by atoms with E-state index in [9.17, 15) is 14.0 Å². The summed E-state index contributed by atoms with van der Waals surface area (Å²) < 4.78 is 14.0. The number of rotatable bonds is 2. The van der Waals surface area contributed by atoms with Crippen LogP contribution in [0.2, 0.25) is 0 Å². The van der Waals surface area contributed by atoms with E-state index in [4.69, 9.17) is 0 Å². The Bertz CT molecular complexity index is 555. The highest BCUT2D eigenvalue weighted by molar-refractivity contribution is 5.92. The van der Waals surface area contributed by atoms with Gasteiger partial charge >= 0.3 is 0 Å². The van der Waals surface area contributed by atoms with E-state index in [1.54, 1.807) is 23.1 Å². The molecule has 0 bridgehead atoms. The third kappa shape index (κ3) is 2.17. The lowest BCUT2D eigenvalue weighted by Gasteiger charge is -2.26. The molecule has 4 nitrogen and oxygen atoms in total. The Morgan fingerprint density at radius 2 is 2.00 bits per heavy atom. The summed E-state index contributed by atoms with van der Waals surface area (Å²) in [5, 5.41) is 2.75. The molecular formula is C15H17FN2O2. The number of halogens is 1. The lowest BCUT2D eigenvalue weighted by Crippen LogP contribution is -2.41. The number of benzene rings is 1. The second-order valence-electron chi connectivity index (χ2n) is 5.45. The molecule has 2 fully saturated rings. The second kappa shape index (κ2) is 4.89. The molecule has 1 N–H and O–H groups in total. The van der Waals surface area contributed by atoms with Gasteiger partial charge in [-0.3, -0.25) is 9.59 Å². The van der Waals surface area contributed by atoms with Crippen LogP contribution in [0.1, 0.15) is 24.8 Å². The smallest absolute Gasteiger partial charge is 0.233 e. The zero-order chi connectivity index (χ0) is 14.2. The fourth-order valence-electron chi connectivity index (χ4n) is 2.85. The zero-order valence-corrected chi connectivity index (χ0v) is 11.2. The Labute approximate surface area is 117 Å². The molecule has 1 aliphatic carbocycles. The van der Waals surface area contributed by atoms with E-state index in [0.29, 0.717) is 44.5 Å². The second-order valence-corrected chi connectivity index (χ2v) is 5.45. The number of amides is 2. The van der Waals surface area contributed by atoms with Gasteiger partial charge in [0.25, 0.3) is 0 Å². The molecular weight excluding hydrogens is 259 g/mol. The van der Waals surface area contributed by atoms with E-state index >= 15 is 0 Å². The van der Waals surface area contributed by atoms with Gasteiger partial charge in [0.2, 0.25) is 11.8 Å². The summed E-state index contributed by atoms with van der Waals surface area (Å²) in [5.41, 5.74) is -0.202. The molecule has 2 amide bonds. The van der Waals surface area contributed by atoms with Gasteiger partial charge in [0.05, 0.1) is 5.41 Å². The molecule has 0 spiro atoms. The standard InChI is InChI=1S/C15H17FN2O2/c16-12-4-2-1-3-11(12)15(6-7-15)14(20)18-9-5-13(19)17-8-10-18/h1-4H,5-10H2,(H,17,19). The Morgan fingerprint density at radius 3 is 2.70 bits per heavy atom. The minimum Gasteiger partial charge on any atom is -0.354 e. The van der Waals surface area contributed by atoms with Crippen molar-refractivity contribution in [3.8, 4) is 0 Å². The van der Waals surface area contributed by atoms with E-state index in [1.807, 2.05) is 0 Å². The van der Waals surface area contributed by atoms with E-state index in [2.05, 4.69) is 5.32 Å². The van der Waals surface area contributed by atoms with Crippen molar-refractivity contribution >= 4 is 11.8 Å². The number of hydrogen-bond donors (Lipinski definition) is 1. The number of carbonyl (C=O) groups excluding carboxylic acids is 2. The number of hydrogen-bond acceptors (Lipinski definition) is 2. The van der Waals surface area contributed by atoms with Gasteiger partial charge in [-0.25, -0.2) is 4.39 Å². The van der Waals surface area contributed by atoms with E-state index < -0.39 is 5.41 Å². The molecule has 1 heterocycles. The predicted octanol–water partition coefficient (Wildman–Crippen LogP) is 1.21. The first-order valence-electron chi connectivity index (χ1n) is 6.94. The third-order valence-corrected chi connectivity index (χ3v) is 4.15. The summed E-state index contributed by atoms with van der Waals surface area (Å²) >= 11 is 0. The number of carbonyl (C=O) groups is 2. The van der Waals surface area contributed by atoms with Crippen LogP contribution in [0, 0.1) is 5.82 Å². The maximum atomic E-state index is 14.0. The minimum absolute atomic E-state index is 0.0314. The number of nitrogens with zero attached hydrogens (tertiary/aromatic N) is 1. The van der Waals surface area contributed by atoms with Gasteiger partial charge in [0.15, 0.2) is 0 Å². The molecule has 106 valence electrons. The van der Waals surface area contributed by atoms with Crippen molar-refractivity contribution in [2.45, 2.75) is 24.7 Å². The van der Waals surface area contributed by atoms with Gasteiger partial charge in [0.1, 0.15) is 5.82 Å². The van der Waals surface area contributed by atoms with Gasteiger partial charge in [-0.05, 0) is 18.9 Å². The van der Waals surface area contributed by atoms with Gasteiger partial charge in [-0.15, -0.1) is 0 Å². The molecule has 5 heteroatoms. The highest BCUT2D eigenvalue weighted by Gasteiger charge is 2.54. The topological polar surface area (TPSA) is 49.4 Å². The van der Waals surface area contributed by atoms with Crippen molar-refractivity contribution in [3.63, 3.8) is 0 Å². The highest BCUT2D eigenvalue weighted by Crippen LogP contribution is 2.50. The summed E-state index contributed by atoms with van der Waals surface area (Å²) in [6.07, 6.45) is 1.69. The van der Waals surface area contributed by atoms with Crippen LogP contribution in [0.25, 0.3) is 0 Å². The van der Waals surface area contributed by atoms with Crippen LogP contribution in [-0.2, 0) is 15.0 Å². The predicted molar refractivity (Wildman–Crippen MR) is 71.5 cm³/mol. The monoisotopic (exact) mass is 276 g/mol. The van der Waals surface area contributed by atoms with E-state index in [1.165, 1.54) is 6.07 Å². The van der Waals surface area contributed by atoms with Crippen molar-refractivity contribution in [2.24, 2.45) is 0 Å². The first-order valence-corrected chi connectivity index (χ1v) is 6.94. The molecule has 20 heavy (non-hydrogen) atoms. The summed E-state index contributed by atoms with van der Waals surface area (Å²) in [7, 11) is 0. The quantitative estimate of drug-likeness (QED) is 0.882. The van der Waals surface area contributed by atoms with Gasteiger partial charge in [0, 0.05) is 31.6 Å². The summed E-state index contributed by atoms with van der Waals surface area (Å²) in [5.74, 6) is -0.391. The van der Waals surface area contributed by atoms with Gasteiger partial charge in [-0.1, -0.05) is 18.2 Å². The van der Waals surface area contributed by atoms with Crippen molar-refractivity contribution in [2.75, 3.05) is 19.6 Å². The molecule has 0 unspecified atom stereocenters.